The lowest BCUT2D eigenvalue weighted by molar-refractivity contribution is -0.249. The van der Waals surface area contributed by atoms with Crippen molar-refractivity contribution in [2.24, 2.45) is 50.2 Å². The number of methoxy groups -OCH3 is 1. The zero-order valence-electron chi connectivity index (χ0n) is 23.7. The van der Waals surface area contributed by atoms with Gasteiger partial charge in [0, 0.05) is 11.8 Å². The molecule has 0 aliphatic heterocycles. The van der Waals surface area contributed by atoms with Crippen LogP contribution in [0.1, 0.15) is 126 Å². The molecule has 194 valence electrons. The summed E-state index contributed by atoms with van der Waals surface area (Å²) in [7, 11) is 1.48. The molecule has 4 aliphatic rings. The van der Waals surface area contributed by atoms with Crippen molar-refractivity contribution in [1.82, 2.24) is 0 Å². The highest BCUT2D eigenvalue weighted by Gasteiger charge is 2.70. The molecule has 0 spiro atoms. The number of hydrogen-bond donors (Lipinski definition) is 0. The van der Waals surface area contributed by atoms with E-state index < -0.39 is 0 Å². The number of fused-ring (bicyclic) bond motifs is 5. The number of Topliss-reactive ketones (excluding diaryl/α,β-unsaturated/α-hetero) is 1. The van der Waals surface area contributed by atoms with Crippen LogP contribution in [0.3, 0.4) is 0 Å². The van der Waals surface area contributed by atoms with Gasteiger partial charge in [-0.15, -0.1) is 0 Å². The van der Waals surface area contributed by atoms with Gasteiger partial charge in [-0.05, 0) is 116 Å². The van der Waals surface area contributed by atoms with Crippen LogP contribution in [0.2, 0.25) is 0 Å². The van der Waals surface area contributed by atoms with Gasteiger partial charge in [0.2, 0.25) is 0 Å². The quantitative estimate of drug-likeness (QED) is 0.389. The number of esters is 1. The fraction of sp³-hybridized carbons (Fsp3) is 0.935. The Kier molecular flexibility index (Phi) is 6.22. The first-order chi connectivity index (χ1) is 15.6. The standard InChI is InChI=1S/C31H52O3/c1-21(32)28(5)13-12-23-29(6,22(28)10-11-25(33)34-9)17-19-31(8)24-20-26(2,3)14-15-27(24,4)16-18-30(23,31)7/h22-24H,10-20H2,1-9H3/t22-,23+,24+,27-,28+,29-,30-,31+/m1/s1. The van der Waals surface area contributed by atoms with Gasteiger partial charge in [-0.25, -0.2) is 0 Å². The average Bonchev–Trinajstić information content (AvgIpc) is 2.76. The maximum atomic E-state index is 13.1. The van der Waals surface area contributed by atoms with E-state index in [1.165, 1.54) is 52.1 Å². The second-order valence-corrected chi connectivity index (χ2v) is 15.1. The second-order valence-electron chi connectivity index (χ2n) is 15.1. The molecule has 0 aromatic carbocycles. The lowest BCUT2D eigenvalue weighted by Crippen LogP contribution is -2.67. The Morgan fingerprint density at radius 3 is 2.00 bits per heavy atom. The van der Waals surface area contributed by atoms with Crippen molar-refractivity contribution in [3.05, 3.63) is 0 Å². The van der Waals surface area contributed by atoms with Crippen LogP contribution in [0, 0.1) is 50.2 Å². The van der Waals surface area contributed by atoms with Gasteiger partial charge in [-0.2, -0.15) is 0 Å². The van der Waals surface area contributed by atoms with Crippen molar-refractivity contribution in [3.8, 4) is 0 Å². The van der Waals surface area contributed by atoms with Gasteiger partial charge in [0.1, 0.15) is 5.78 Å². The van der Waals surface area contributed by atoms with E-state index in [1.54, 1.807) is 6.92 Å². The molecule has 0 aromatic heterocycles. The summed E-state index contributed by atoms with van der Waals surface area (Å²) in [6, 6.07) is 0. The first-order valence-corrected chi connectivity index (χ1v) is 14.2. The Labute approximate surface area is 209 Å². The lowest BCUT2D eigenvalue weighted by Gasteiger charge is -2.74. The van der Waals surface area contributed by atoms with E-state index in [0.29, 0.717) is 39.8 Å². The normalized spacial score (nSPS) is 49.9. The molecule has 0 heterocycles. The van der Waals surface area contributed by atoms with Gasteiger partial charge in [0.15, 0.2) is 0 Å². The molecule has 0 radical (unpaired) electrons. The lowest BCUT2D eigenvalue weighted by atomic mass is 9.31. The third kappa shape index (κ3) is 3.56. The Hall–Kier alpha value is -0.860. The molecule has 4 fully saturated rings. The van der Waals surface area contributed by atoms with Gasteiger partial charge < -0.3 is 4.74 Å². The molecule has 34 heavy (non-hydrogen) atoms. The van der Waals surface area contributed by atoms with Crippen molar-refractivity contribution in [3.63, 3.8) is 0 Å². The molecule has 0 saturated heterocycles. The van der Waals surface area contributed by atoms with E-state index in [1.807, 2.05) is 0 Å². The van der Waals surface area contributed by atoms with Crippen LogP contribution in [0.25, 0.3) is 0 Å². The molecule has 8 atom stereocenters. The van der Waals surface area contributed by atoms with Crippen molar-refractivity contribution >= 4 is 11.8 Å². The molecule has 3 heteroatoms. The first-order valence-electron chi connectivity index (χ1n) is 14.2. The summed E-state index contributed by atoms with van der Waals surface area (Å²) in [6.45, 7) is 19.4. The van der Waals surface area contributed by atoms with E-state index in [-0.39, 0.29) is 22.7 Å². The Morgan fingerprint density at radius 1 is 0.794 bits per heavy atom. The van der Waals surface area contributed by atoms with Gasteiger partial charge in [0.25, 0.3) is 0 Å². The van der Waals surface area contributed by atoms with E-state index in [0.717, 1.165) is 25.2 Å². The SMILES string of the molecule is COC(=O)CC[C@H]1[C@@]2(C)CC[C@@]3(C)[C@H]4CC(C)(C)CC[C@]4(C)CC[C@]3(C)[C@H]2CC[C@@]1(C)C(C)=O. The van der Waals surface area contributed by atoms with Gasteiger partial charge in [-0.3, -0.25) is 9.59 Å². The summed E-state index contributed by atoms with van der Waals surface area (Å²) in [6.07, 6.45) is 12.5. The van der Waals surface area contributed by atoms with Gasteiger partial charge >= 0.3 is 5.97 Å². The zero-order valence-corrected chi connectivity index (χ0v) is 23.7. The van der Waals surface area contributed by atoms with Gasteiger partial charge in [-0.1, -0.05) is 48.5 Å². The van der Waals surface area contributed by atoms with Gasteiger partial charge in [0.05, 0.1) is 7.11 Å². The molecular weight excluding hydrogens is 420 g/mol. The van der Waals surface area contributed by atoms with E-state index in [4.69, 9.17) is 4.74 Å². The van der Waals surface area contributed by atoms with Crippen LogP contribution in [0.15, 0.2) is 0 Å². The number of hydrogen-bond acceptors (Lipinski definition) is 3. The average molecular weight is 473 g/mol. The van der Waals surface area contributed by atoms with Crippen LogP contribution in [-0.4, -0.2) is 18.9 Å². The Bertz CT molecular complexity index is 846. The van der Waals surface area contributed by atoms with Crippen molar-refractivity contribution in [2.45, 2.75) is 126 Å². The summed E-state index contributed by atoms with van der Waals surface area (Å²) < 4.78 is 5.03. The van der Waals surface area contributed by atoms with Crippen LogP contribution in [-0.2, 0) is 14.3 Å². The topological polar surface area (TPSA) is 43.4 Å². The fourth-order valence-electron chi connectivity index (χ4n) is 10.5. The second kappa shape index (κ2) is 8.07. The summed E-state index contributed by atoms with van der Waals surface area (Å²) in [5, 5.41) is 0. The maximum Gasteiger partial charge on any atom is 0.305 e. The maximum absolute atomic E-state index is 13.1. The number of ether oxygens (including phenoxy) is 1. The first kappa shape index (κ1) is 26.2. The zero-order chi connectivity index (χ0) is 25.4. The molecule has 4 aliphatic carbocycles. The molecule has 0 unspecified atom stereocenters. The van der Waals surface area contributed by atoms with Crippen molar-refractivity contribution in [2.75, 3.05) is 7.11 Å². The van der Waals surface area contributed by atoms with Crippen molar-refractivity contribution < 1.29 is 14.3 Å². The highest BCUT2D eigenvalue weighted by molar-refractivity contribution is 5.82. The largest absolute Gasteiger partial charge is 0.469 e. The molecule has 4 saturated carbocycles. The molecule has 0 aromatic rings. The number of carbonyl (C=O) groups is 2. The van der Waals surface area contributed by atoms with Crippen LogP contribution >= 0.6 is 0 Å². The summed E-state index contributed by atoms with van der Waals surface area (Å²) in [4.78, 5) is 25.3. The number of rotatable bonds is 4. The molecule has 4 rings (SSSR count). The minimum Gasteiger partial charge on any atom is -0.469 e. The summed E-state index contributed by atoms with van der Waals surface area (Å²) >= 11 is 0. The van der Waals surface area contributed by atoms with Crippen molar-refractivity contribution in [1.29, 1.82) is 0 Å². The Balaban J connectivity index is 1.74. The monoisotopic (exact) mass is 472 g/mol. The van der Waals surface area contributed by atoms with E-state index in [2.05, 4.69) is 48.5 Å². The van der Waals surface area contributed by atoms with E-state index in [9.17, 15) is 9.59 Å². The molecule has 3 nitrogen and oxygen atoms in total. The molecule has 0 N–H and O–H groups in total. The van der Waals surface area contributed by atoms with Crippen LogP contribution in [0.4, 0.5) is 0 Å². The highest BCUT2D eigenvalue weighted by Crippen LogP contribution is 2.77. The molecule has 0 bridgehead atoms. The van der Waals surface area contributed by atoms with Crippen LogP contribution in [0.5, 0.6) is 0 Å². The third-order valence-electron chi connectivity index (χ3n) is 13.2. The summed E-state index contributed by atoms with van der Waals surface area (Å²) in [5.41, 5.74) is 1.32. The third-order valence-corrected chi connectivity index (χ3v) is 13.2. The van der Waals surface area contributed by atoms with Crippen LogP contribution < -0.4 is 0 Å². The molecule has 0 amide bonds. The fourth-order valence-corrected chi connectivity index (χ4v) is 10.5. The predicted octanol–water partition coefficient (Wildman–Crippen LogP) is 8.00. The minimum absolute atomic E-state index is 0.0961. The number of carbonyl (C=O) groups excluding carboxylic acids is 2. The van der Waals surface area contributed by atoms with E-state index >= 15 is 0 Å². The highest BCUT2D eigenvalue weighted by atomic mass is 16.5. The Morgan fingerprint density at radius 2 is 1.38 bits per heavy atom. The predicted molar refractivity (Wildman–Crippen MR) is 138 cm³/mol. The number of ketones is 1. The smallest absolute Gasteiger partial charge is 0.305 e. The molecular formula is C31H52O3. The minimum atomic E-state index is -0.334. The summed E-state index contributed by atoms with van der Waals surface area (Å²) in [5.74, 6) is 1.81.